The summed E-state index contributed by atoms with van der Waals surface area (Å²) in [4.78, 5) is 17.3. The molecule has 0 aliphatic rings. The molecule has 5 nitrogen and oxygen atoms in total. The van der Waals surface area contributed by atoms with Crippen LogP contribution in [0.5, 0.6) is 0 Å². The van der Waals surface area contributed by atoms with Crippen molar-refractivity contribution in [3.63, 3.8) is 0 Å². The molecule has 0 aliphatic carbocycles. The Balaban J connectivity index is 1.91. The average Bonchev–Trinajstić information content (AvgIpc) is 2.99. The van der Waals surface area contributed by atoms with Crippen LogP contribution in [0, 0.1) is 0 Å². The summed E-state index contributed by atoms with van der Waals surface area (Å²) < 4.78 is 5.20. The van der Waals surface area contributed by atoms with Crippen molar-refractivity contribution in [3.8, 4) is 10.6 Å². The minimum absolute atomic E-state index is 0.137. The van der Waals surface area contributed by atoms with Crippen LogP contribution in [0.1, 0.15) is 52.0 Å². The number of aromatic nitrogens is 1. The van der Waals surface area contributed by atoms with Crippen LogP contribution in [0.2, 0.25) is 0 Å². The Morgan fingerprint density at radius 3 is 2.33 bits per heavy atom. The van der Waals surface area contributed by atoms with Crippen molar-refractivity contribution in [3.05, 3.63) is 53.3 Å². The maximum atomic E-state index is 11.7. The first-order valence-corrected chi connectivity index (χ1v) is 9.74. The lowest BCUT2D eigenvalue weighted by atomic mass is 9.87. The molecule has 0 spiro atoms. The first kappa shape index (κ1) is 21.0. The van der Waals surface area contributed by atoms with Crippen LogP contribution in [0.15, 0.2) is 42.9 Å². The van der Waals surface area contributed by atoms with E-state index in [1.54, 1.807) is 11.3 Å². The van der Waals surface area contributed by atoms with Gasteiger partial charge in [0.15, 0.2) is 0 Å². The number of ether oxygens (including phenoxy) is 1. The zero-order valence-electron chi connectivity index (χ0n) is 17.0. The van der Waals surface area contributed by atoms with Gasteiger partial charge >= 0.3 is 6.09 Å². The van der Waals surface area contributed by atoms with Crippen molar-refractivity contribution in [1.82, 2.24) is 15.6 Å². The zero-order valence-corrected chi connectivity index (χ0v) is 17.8. The standard InChI is InChI=1S/C21H29N3O2S/c1-14(24-19(25)26-21(5,6)7)22-12-17-13-23-18(27-17)15-8-10-16(11-9-15)20(2,3)4/h8-11,13,22H,1,12H2,2-7H3,(H,24,25). The first-order chi connectivity index (χ1) is 12.4. The van der Waals surface area contributed by atoms with E-state index in [1.807, 2.05) is 27.0 Å². The van der Waals surface area contributed by atoms with Crippen LogP contribution >= 0.6 is 11.3 Å². The summed E-state index contributed by atoms with van der Waals surface area (Å²) in [5.74, 6) is 0.397. The van der Waals surface area contributed by atoms with Crippen molar-refractivity contribution in [2.45, 2.75) is 59.1 Å². The molecule has 0 saturated carbocycles. The number of thiazole rings is 1. The summed E-state index contributed by atoms with van der Waals surface area (Å²) in [6, 6.07) is 8.53. The number of hydrogen-bond donors (Lipinski definition) is 2. The molecule has 1 heterocycles. The molecule has 0 aliphatic heterocycles. The Labute approximate surface area is 165 Å². The van der Waals surface area contributed by atoms with Crippen LogP contribution in [0.25, 0.3) is 10.6 Å². The third-order valence-electron chi connectivity index (χ3n) is 3.68. The van der Waals surface area contributed by atoms with Crippen molar-refractivity contribution in [2.24, 2.45) is 0 Å². The molecule has 0 bridgehead atoms. The normalized spacial score (nSPS) is 11.8. The Morgan fingerprint density at radius 2 is 1.78 bits per heavy atom. The highest BCUT2D eigenvalue weighted by molar-refractivity contribution is 7.15. The largest absolute Gasteiger partial charge is 0.444 e. The molecule has 2 N–H and O–H groups in total. The number of carbonyl (C=O) groups excluding carboxylic acids is 1. The van der Waals surface area contributed by atoms with Crippen LogP contribution in [0.4, 0.5) is 4.79 Å². The van der Waals surface area contributed by atoms with Gasteiger partial charge in [-0.3, -0.25) is 5.32 Å². The third kappa shape index (κ3) is 6.71. The summed E-state index contributed by atoms with van der Waals surface area (Å²) in [5.41, 5.74) is 2.00. The van der Waals surface area contributed by atoms with Gasteiger partial charge in [-0.2, -0.15) is 0 Å². The van der Waals surface area contributed by atoms with Gasteiger partial charge in [0.1, 0.15) is 16.4 Å². The van der Waals surface area contributed by atoms with Crippen molar-refractivity contribution in [2.75, 3.05) is 0 Å². The number of nitrogens with zero attached hydrogens (tertiary/aromatic N) is 1. The maximum absolute atomic E-state index is 11.7. The molecule has 6 heteroatoms. The highest BCUT2D eigenvalue weighted by atomic mass is 32.1. The minimum atomic E-state index is -0.542. The number of hydrogen-bond acceptors (Lipinski definition) is 5. The second kappa shape index (κ2) is 8.13. The van der Waals surface area contributed by atoms with Crippen molar-refractivity contribution >= 4 is 17.4 Å². The lowest BCUT2D eigenvalue weighted by Crippen LogP contribution is -2.35. The van der Waals surface area contributed by atoms with E-state index in [4.69, 9.17) is 4.74 Å². The Bertz CT molecular complexity index is 796. The fourth-order valence-electron chi connectivity index (χ4n) is 2.30. The van der Waals surface area contributed by atoms with E-state index in [1.165, 1.54) is 5.56 Å². The molecule has 27 heavy (non-hydrogen) atoms. The molecule has 2 aromatic rings. The fraction of sp³-hybridized carbons (Fsp3) is 0.429. The van der Waals surface area contributed by atoms with Crippen LogP contribution in [-0.4, -0.2) is 16.7 Å². The molecule has 0 unspecified atom stereocenters. The molecule has 1 amide bonds. The van der Waals surface area contributed by atoms with Gasteiger partial charge in [-0.1, -0.05) is 51.6 Å². The molecule has 146 valence electrons. The Kier molecular flexibility index (Phi) is 6.31. The molecule has 0 fully saturated rings. The van der Waals surface area contributed by atoms with E-state index < -0.39 is 11.7 Å². The van der Waals surface area contributed by atoms with Crippen LogP contribution in [0.3, 0.4) is 0 Å². The smallest absolute Gasteiger partial charge is 0.413 e. The number of rotatable bonds is 5. The summed E-state index contributed by atoms with van der Waals surface area (Å²) in [7, 11) is 0. The van der Waals surface area contributed by atoms with Gasteiger partial charge in [0.25, 0.3) is 0 Å². The Hall–Kier alpha value is -2.34. The summed E-state index contributed by atoms with van der Waals surface area (Å²) in [6.07, 6.45) is 1.31. The van der Waals surface area contributed by atoms with Crippen molar-refractivity contribution < 1.29 is 9.53 Å². The molecule has 1 aromatic heterocycles. The topological polar surface area (TPSA) is 63.2 Å². The Morgan fingerprint density at radius 1 is 1.15 bits per heavy atom. The van der Waals surface area contributed by atoms with Gasteiger partial charge in [0, 0.05) is 16.6 Å². The number of benzene rings is 1. The lowest BCUT2D eigenvalue weighted by molar-refractivity contribution is 0.0542. The van der Waals surface area contributed by atoms with E-state index in [0.717, 1.165) is 15.4 Å². The van der Waals surface area contributed by atoms with Gasteiger partial charge in [0.2, 0.25) is 0 Å². The maximum Gasteiger partial charge on any atom is 0.413 e. The van der Waals surface area contributed by atoms with E-state index >= 15 is 0 Å². The van der Waals surface area contributed by atoms with Gasteiger partial charge in [-0.05, 0) is 31.7 Å². The monoisotopic (exact) mass is 387 g/mol. The predicted molar refractivity (Wildman–Crippen MR) is 112 cm³/mol. The predicted octanol–water partition coefficient (Wildman–Crippen LogP) is 5.19. The summed E-state index contributed by atoms with van der Waals surface area (Å²) in [6.45, 7) is 16.4. The molecule has 2 rings (SSSR count). The summed E-state index contributed by atoms with van der Waals surface area (Å²) in [5, 5.41) is 6.63. The highest BCUT2D eigenvalue weighted by Gasteiger charge is 2.17. The number of alkyl carbamates (subject to hydrolysis) is 1. The molecule has 0 radical (unpaired) electrons. The van der Waals surface area contributed by atoms with Gasteiger partial charge < -0.3 is 10.1 Å². The third-order valence-corrected chi connectivity index (χ3v) is 4.73. The quantitative estimate of drug-likeness (QED) is 0.741. The first-order valence-electron chi connectivity index (χ1n) is 8.92. The number of carbonyl (C=O) groups is 1. The fourth-order valence-corrected chi connectivity index (χ4v) is 3.16. The lowest BCUT2D eigenvalue weighted by Gasteiger charge is -2.20. The van der Waals surface area contributed by atoms with Crippen LogP contribution < -0.4 is 10.6 Å². The van der Waals surface area contributed by atoms with E-state index in [0.29, 0.717) is 12.4 Å². The van der Waals surface area contributed by atoms with Gasteiger partial charge in [0.05, 0.1) is 6.54 Å². The highest BCUT2D eigenvalue weighted by Crippen LogP contribution is 2.28. The SMILES string of the molecule is C=C(NCc1cnc(-c2ccc(C(C)(C)C)cc2)s1)NC(=O)OC(C)(C)C. The molecular formula is C21H29N3O2S. The van der Waals surface area contributed by atoms with E-state index in [9.17, 15) is 4.79 Å². The molecule has 0 atom stereocenters. The molecule has 0 saturated heterocycles. The van der Waals surface area contributed by atoms with E-state index in [-0.39, 0.29) is 5.41 Å². The summed E-state index contributed by atoms with van der Waals surface area (Å²) >= 11 is 1.61. The average molecular weight is 388 g/mol. The zero-order chi connectivity index (χ0) is 20.2. The molecule has 1 aromatic carbocycles. The van der Waals surface area contributed by atoms with E-state index in [2.05, 4.69) is 67.2 Å². The number of nitrogens with one attached hydrogen (secondary N) is 2. The minimum Gasteiger partial charge on any atom is -0.444 e. The second-order valence-electron chi connectivity index (χ2n) is 8.42. The van der Waals surface area contributed by atoms with Gasteiger partial charge in [-0.25, -0.2) is 9.78 Å². The van der Waals surface area contributed by atoms with Gasteiger partial charge in [-0.15, -0.1) is 11.3 Å². The molecular weight excluding hydrogens is 358 g/mol. The number of amides is 1. The second-order valence-corrected chi connectivity index (χ2v) is 9.53. The van der Waals surface area contributed by atoms with Crippen molar-refractivity contribution in [1.29, 1.82) is 0 Å². The van der Waals surface area contributed by atoms with Crippen LogP contribution in [-0.2, 0) is 16.7 Å².